The minimum Gasteiger partial charge on any atom is -0.497 e. The first-order valence-corrected chi connectivity index (χ1v) is 11.2. The van der Waals surface area contributed by atoms with Gasteiger partial charge < -0.3 is 4.74 Å². The zero-order valence-electron chi connectivity index (χ0n) is 16.9. The fraction of sp³-hybridized carbons (Fsp3) is 0.333. The Morgan fingerprint density at radius 1 is 1.14 bits per heavy atom. The van der Waals surface area contributed by atoms with Crippen LogP contribution in [0, 0.1) is 5.92 Å². The summed E-state index contributed by atoms with van der Waals surface area (Å²) in [5, 5.41) is 6.17. The average molecular weight is 416 g/mol. The Hall–Kier alpha value is -2.87. The second-order valence-electron chi connectivity index (χ2n) is 7.33. The van der Waals surface area contributed by atoms with Crippen LogP contribution in [0.4, 0.5) is 5.69 Å². The molecule has 1 atom stereocenters. The maximum absolute atomic E-state index is 12.8. The SMILES string of the molecule is COc1ccc([C@H]2CC(c3ccc(NS(C)(=O)=O)cc3)=NN2C(=O)C(C)C)cc1. The van der Waals surface area contributed by atoms with Crippen LogP contribution in [0.3, 0.4) is 0 Å². The Morgan fingerprint density at radius 2 is 1.76 bits per heavy atom. The van der Waals surface area contributed by atoms with Crippen LogP contribution < -0.4 is 9.46 Å². The molecule has 1 aliphatic rings. The van der Waals surface area contributed by atoms with Crippen LogP contribution in [0.2, 0.25) is 0 Å². The maximum Gasteiger partial charge on any atom is 0.245 e. The van der Waals surface area contributed by atoms with Crippen LogP contribution in [0.25, 0.3) is 0 Å². The highest BCUT2D eigenvalue weighted by atomic mass is 32.2. The molecule has 7 nitrogen and oxygen atoms in total. The monoisotopic (exact) mass is 415 g/mol. The van der Waals surface area contributed by atoms with Crippen LogP contribution >= 0.6 is 0 Å². The van der Waals surface area contributed by atoms with Gasteiger partial charge in [-0.1, -0.05) is 38.1 Å². The summed E-state index contributed by atoms with van der Waals surface area (Å²) < 4.78 is 30.4. The fourth-order valence-corrected chi connectivity index (χ4v) is 3.75. The summed E-state index contributed by atoms with van der Waals surface area (Å²) >= 11 is 0. The summed E-state index contributed by atoms with van der Waals surface area (Å²) in [6.07, 6.45) is 1.68. The third-order valence-corrected chi connectivity index (χ3v) is 5.26. The van der Waals surface area contributed by atoms with E-state index in [-0.39, 0.29) is 17.9 Å². The molecule has 0 fully saturated rings. The van der Waals surface area contributed by atoms with Gasteiger partial charge in [-0.15, -0.1) is 0 Å². The van der Waals surface area contributed by atoms with Crippen molar-refractivity contribution in [3.63, 3.8) is 0 Å². The molecule has 0 saturated heterocycles. The van der Waals surface area contributed by atoms with Crippen molar-refractivity contribution in [2.45, 2.75) is 26.3 Å². The number of nitrogens with zero attached hydrogens (tertiary/aromatic N) is 2. The number of benzene rings is 2. The lowest BCUT2D eigenvalue weighted by Crippen LogP contribution is -2.30. The van der Waals surface area contributed by atoms with Crippen LogP contribution in [0.5, 0.6) is 5.75 Å². The van der Waals surface area contributed by atoms with Crippen molar-refractivity contribution in [1.82, 2.24) is 5.01 Å². The Kier molecular flexibility index (Phi) is 5.93. The molecule has 2 aromatic rings. The molecule has 1 aliphatic heterocycles. The number of hydrogen-bond donors (Lipinski definition) is 1. The highest BCUT2D eigenvalue weighted by molar-refractivity contribution is 7.92. The predicted molar refractivity (Wildman–Crippen MR) is 113 cm³/mol. The molecule has 29 heavy (non-hydrogen) atoms. The minimum atomic E-state index is -3.33. The molecule has 1 heterocycles. The predicted octanol–water partition coefficient (Wildman–Crippen LogP) is 3.40. The van der Waals surface area contributed by atoms with E-state index in [1.54, 1.807) is 36.4 Å². The summed E-state index contributed by atoms with van der Waals surface area (Å²) in [4.78, 5) is 12.8. The quantitative estimate of drug-likeness (QED) is 0.783. The van der Waals surface area contributed by atoms with Gasteiger partial charge in [0.15, 0.2) is 0 Å². The molecular formula is C21H25N3O4S. The number of anilines is 1. The zero-order valence-corrected chi connectivity index (χ0v) is 17.7. The van der Waals surface area contributed by atoms with Crippen molar-refractivity contribution in [2.24, 2.45) is 11.0 Å². The molecule has 8 heteroatoms. The van der Waals surface area contributed by atoms with E-state index in [1.807, 2.05) is 38.1 Å². The third kappa shape index (κ3) is 4.95. The van der Waals surface area contributed by atoms with Crippen molar-refractivity contribution in [2.75, 3.05) is 18.1 Å². The van der Waals surface area contributed by atoms with Crippen LogP contribution in [0.1, 0.15) is 37.4 Å². The molecule has 0 radical (unpaired) electrons. The first-order valence-electron chi connectivity index (χ1n) is 9.30. The molecule has 0 bridgehead atoms. The third-order valence-electron chi connectivity index (χ3n) is 4.65. The summed E-state index contributed by atoms with van der Waals surface area (Å²) in [6.45, 7) is 3.71. The van der Waals surface area contributed by atoms with E-state index in [0.29, 0.717) is 12.1 Å². The zero-order chi connectivity index (χ0) is 21.2. The molecule has 3 rings (SSSR count). The largest absolute Gasteiger partial charge is 0.497 e. The van der Waals surface area contributed by atoms with E-state index in [2.05, 4.69) is 9.82 Å². The molecule has 0 unspecified atom stereocenters. The summed E-state index contributed by atoms with van der Waals surface area (Å²) in [5.74, 6) is 0.528. The van der Waals surface area contributed by atoms with Crippen LogP contribution in [0.15, 0.2) is 53.6 Å². The van der Waals surface area contributed by atoms with Gasteiger partial charge >= 0.3 is 0 Å². The van der Waals surface area contributed by atoms with Gasteiger partial charge in [-0.05, 0) is 35.4 Å². The normalized spacial score (nSPS) is 16.7. The number of carbonyl (C=O) groups is 1. The molecular weight excluding hydrogens is 390 g/mol. The standard InChI is InChI=1S/C21H25N3O4S/c1-14(2)21(25)24-20(16-7-11-18(28-3)12-8-16)13-19(22-24)15-5-9-17(10-6-15)23-29(4,26)27/h5-12,14,20,23H,13H2,1-4H3/t20-/m1/s1. The van der Waals surface area contributed by atoms with Gasteiger partial charge in [-0.25, -0.2) is 13.4 Å². The molecule has 2 aromatic carbocycles. The van der Waals surface area contributed by atoms with Gasteiger partial charge in [0.2, 0.25) is 15.9 Å². The minimum absolute atomic E-state index is 0.0452. The van der Waals surface area contributed by atoms with Crippen molar-refractivity contribution in [1.29, 1.82) is 0 Å². The van der Waals surface area contributed by atoms with Crippen LogP contribution in [-0.4, -0.2) is 38.4 Å². The molecule has 154 valence electrons. The highest BCUT2D eigenvalue weighted by Gasteiger charge is 2.34. The Labute approximate surface area is 171 Å². The van der Waals surface area contributed by atoms with Crippen molar-refractivity contribution >= 4 is 27.3 Å². The smallest absolute Gasteiger partial charge is 0.245 e. The molecule has 0 spiro atoms. The lowest BCUT2D eigenvalue weighted by Gasteiger charge is -2.23. The first kappa shape index (κ1) is 20.9. The van der Waals surface area contributed by atoms with Gasteiger partial charge in [-0.3, -0.25) is 9.52 Å². The number of hydrogen-bond acceptors (Lipinski definition) is 5. The van der Waals surface area contributed by atoms with Crippen LogP contribution in [-0.2, 0) is 14.8 Å². The van der Waals surface area contributed by atoms with Gasteiger partial charge in [0.1, 0.15) is 5.75 Å². The molecule has 0 aromatic heterocycles. The van der Waals surface area contributed by atoms with E-state index in [9.17, 15) is 13.2 Å². The van der Waals surface area contributed by atoms with Crippen molar-refractivity contribution < 1.29 is 17.9 Å². The second kappa shape index (κ2) is 8.24. The van der Waals surface area contributed by atoms with Gasteiger partial charge in [0.05, 0.1) is 25.1 Å². The molecule has 0 saturated carbocycles. The number of methoxy groups -OCH3 is 1. The Bertz CT molecular complexity index is 1010. The van der Waals surface area contributed by atoms with Gasteiger partial charge in [0, 0.05) is 18.0 Å². The van der Waals surface area contributed by atoms with E-state index >= 15 is 0 Å². The van der Waals surface area contributed by atoms with E-state index in [0.717, 1.165) is 28.8 Å². The highest BCUT2D eigenvalue weighted by Crippen LogP contribution is 2.34. The average Bonchev–Trinajstić information content (AvgIpc) is 3.12. The number of ether oxygens (including phenoxy) is 1. The summed E-state index contributed by atoms with van der Waals surface area (Å²) in [6, 6.07) is 14.4. The van der Waals surface area contributed by atoms with E-state index in [1.165, 1.54) is 0 Å². The Morgan fingerprint density at radius 3 is 2.28 bits per heavy atom. The number of amides is 1. The maximum atomic E-state index is 12.8. The molecule has 0 aliphatic carbocycles. The lowest BCUT2D eigenvalue weighted by molar-refractivity contribution is -0.136. The molecule has 1 N–H and O–H groups in total. The Balaban J connectivity index is 1.89. The summed E-state index contributed by atoms with van der Waals surface area (Å²) in [5.41, 5.74) is 3.10. The number of hydrazone groups is 1. The van der Waals surface area contributed by atoms with Gasteiger partial charge in [-0.2, -0.15) is 5.10 Å². The van der Waals surface area contributed by atoms with E-state index < -0.39 is 10.0 Å². The number of nitrogens with one attached hydrogen (secondary N) is 1. The number of rotatable bonds is 6. The van der Waals surface area contributed by atoms with Gasteiger partial charge in [0.25, 0.3) is 0 Å². The second-order valence-corrected chi connectivity index (χ2v) is 9.08. The first-order chi connectivity index (χ1) is 13.7. The van der Waals surface area contributed by atoms with E-state index in [4.69, 9.17) is 4.74 Å². The summed E-state index contributed by atoms with van der Waals surface area (Å²) in [7, 11) is -1.72. The fourth-order valence-electron chi connectivity index (χ4n) is 3.18. The number of carbonyl (C=O) groups excluding carboxylic acids is 1. The van der Waals surface area contributed by atoms with Crippen molar-refractivity contribution in [3.05, 3.63) is 59.7 Å². The molecule has 1 amide bonds. The van der Waals surface area contributed by atoms with Crippen molar-refractivity contribution in [3.8, 4) is 5.75 Å². The lowest BCUT2D eigenvalue weighted by atomic mass is 9.97. The topological polar surface area (TPSA) is 88.1 Å². The number of sulfonamides is 1.